The molecule has 0 unspecified atom stereocenters. The van der Waals surface area contributed by atoms with Crippen molar-refractivity contribution in [3.8, 4) is 0 Å². The maximum Gasteiger partial charge on any atom is 0.407 e. The van der Waals surface area contributed by atoms with Crippen molar-refractivity contribution in [1.29, 1.82) is 0 Å². The Labute approximate surface area is 164 Å². The number of ether oxygens (including phenoxy) is 1. The quantitative estimate of drug-likeness (QED) is 0.788. The van der Waals surface area contributed by atoms with Crippen LogP contribution in [0.15, 0.2) is 16.3 Å². The number of hydrogen-bond donors (Lipinski definition) is 1. The first-order valence-electron chi connectivity index (χ1n) is 8.80. The van der Waals surface area contributed by atoms with Crippen LogP contribution >= 0.6 is 11.3 Å². The summed E-state index contributed by atoms with van der Waals surface area (Å²) in [6.45, 7) is 8.57. The second-order valence-electron chi connectivity index (χ2n) is 7.33. The SMILES string of the molecule is Cc1ccc(S(=O)(=O)N2CCN(C(=O)CCNC(=O)OC(C)(C)C)CC2)s1. The first kappa shape index (κ1) is 21.6. The molecule has 1 aliphatic rings. The van der Waals surface area contributed by atoms with E-state index in [-0.39, 0.29) is 32.0 Å². The predicted molar refractivity (Wildman–Crippen MR) is 103 cm³/mol. The van der Waals surface area contributed by atoms with Gasteiger partial charge in [-0.05, 0) is 39.8 Å². The standard InChI is InChI=1S/C17H27N3O5S2/c1-13-5-6-15(26-13)27(23,24)20-11-9-19(10-12-20)14(21)7-8-18-16(22)25-17(2,3)4/h5-6H,7-12H2,1-4H3,(H,18,22). The number of amides is 2. The van der Waals surface area contributed by atoms with Crippen molar-refractivity contribution >= 4 is 33.4 Å². The Morgan fingerprint density at radius 1 is 1.19 bits per heavy atom. The molecule has 0 saturated carbocycles. The molecule has 27 heavy (non-hydrogen) atoms. The Morgan fingerprint density at radius 2 is 1.81 bits per heavy atom. The molecule has 0 aromatic carbocycles. The van der Waals surface area contributed by atoms with Crippen LogP contribution in [-0.2, 0) is 19.6 Å². The van der Waals surface area contributed by atoms with E-state index in [1.54, 1.807) is 37.8 Å². The van der Waals surface area contributed by atoms with Crippen LogP contribution < -0.4 is 5.32 Å². The van der Waals surface area contributed by atoms with E-state index in [2.05, 4.69) is 5.32 Å². The van der Waals surface area contributed by atoms with E-state index in [1.807, 2.05) is 6.92 Å². The van der Waals surface area contributed by atoms with E-state index >= 15 is 0 Å². The second kappa shape index (κ2) is 8.57. The van der Waals surface area contributed by atoms with Gasteiger partial charge in [-0.3, -0.25) is 4.79 Å². The van der Waals surface area contributed by atoms with Crippen LogP contribution in [-0.4, -0.2) is 67.9 Å². The van der Waals surface area contributed by atoms with E-state index in [0.717, 1.165) is 4.88 Å². The normalized spacial score (nSPS) is 16.2. The largest absolute Gasteiger partial charge is 0.444 e. The molecule has 2 rings (SSSR count). The Morgan fingerprint density at radius 3 is 2.33 bits per heavy atom. The van der Waals surface area contributed by atoms with Gasteiger partial charge in [0, 0.05) is 44.0 Å². The molecule has 0 radical (unpaired) electrons. The second-order valence-corrected chi connectivity index (χ2v) is 10.8. The summed E-state index contributed by atoms with van der Waals surface area (Å²) in [5.41, 5.74) is -0.586. The van der Waals surface area contributed by atoms with Crippen molar-refractivity contribution in [1.82, 2.24) is 14.5 Å². The van der Waals surface area contributed by atoms with Gasteiger partial charge in [-0.1, -0.05) is 0 Å². The number of sulfonamides is 1. The third-order valence-electron chi connectivity index (χ3n) is 3.91. The topological polar surface area (TPSA) is 96.0 Å². The van der Waals surface area contributed by atoms with Gasteiger partial charge in [-0.2, -0.15) is 4.31 Å². The smallest absolute Gasteiger partial charge is 0.407 e. The average Bonchev–Trinajstić information content (AvgIpc) is 3.00. The van der Waals surface area contributed by atoms with Gasteiger partial charge in [0.1, 0.15) is 9.81 Å². The third kappa shape index (κ3) is 6.18. The summed E-state index contributed by atoms with van der Waals surface area (Å²) in [7, 11) is -3.50. The number of carbonyl (C=O) groups is 2. The molecule has 10 heteroatoms. The minimum absolute atomic E-state index is 0.116. The van der Waals surface area contributed by atoms with Gasteiger partial charge in [-0.15, -0.1) is 11.3 Å². The molecular weight excluding hydrogens is 390 g/mol. The fourth-order valence-electron chi connectivity index (χ4n) is 2.60. The molecule has 1 N–H and O–H groups in total. The minimum Gasteiger partial charge on any atom is -0.444 e. The summed E-state index contributed by atoms with van der Waals surface area (Å²) in [6.07, 6.45) is -0.409. The maximum absolute atomic E-state index is 12.6. The van der Waals surface area contributed by atoms with Gasteiger partial charge in [0.15, 0.2) is 0 Å². The number of hydrogen-bond acceptors (Lipinski definition) is 6. The number of alkyl carbamates (subject to hydrolysis) is 1. The molecule has 0 aliphatic carbocycles. The molecule has 0 spiro atoms. The molecule has 0 bridgehead atoms. The van der Waals surface area contributed by atoms with Crippen LogP contribution in [0.4, 0.5) is 4.79 Å². The van der Waals surface area contributed by atoms with E-state index in [0.29, 0.717) is 17.3 Å². The molecular formula is C17H27N3O5S2. The lowest BCUT2D eigenvalue weighted by Gasteiger charge is -2.33. The van der Waals surface area contributed by atoms with Gasteiger partial charge in [-0.25, -0.2) is 13.2 Å². The third-order valence-corrected chi connectivity index (χ3v) is 7.28. The molecule has 152 valence electrons. The average molecular weight is 418 g/mol. The number of thiophene rings is 1. The number of nitrogens with one attached hydrogen (secondary N) is 1. The summed E-state index contributed by atoms with van der Waals surface area (Å²) >= 11 is 1.25. The van der Waals surface area contributed by atoms with Crippen LogP contribution in [0.3, 0.4) is 0 Å². The molecule has 8 nitrogen and oxygen atoms in total. The highest BCUT2D eigenvalue weighted by molar-refractivity contribution is 7.91. The summed E-state index contributed by atoms with van der Waals surface area (Å²) in [5.74, 6) is -0.116. The lowest BCUT2D eigenvalue weighted by Crippen LogP contribution is -2.50. The van der Waals surface area contributed by atoms with Gasteiger partial charge in [0.25, 0.3) is 10.0 Å². The molecule has 1 aromatic heterocycles. The predicted octanol–water partition coefficient (Wildman–Crippen LogP) is 1.80. The van der Waals surface area contributed by atoms with Crippen LogP contribution in [0.2, 0.25) is 0 Å². The summed E-state index contributed by atoms with van der Waals surface area (Å²) in [4.78, 5) is 26.4. The van der Waals surface area contributed by atoms with E-state index in [9.17, 15) is 18.0 Å². The fourth-order valence-corrected chi connectivity index (χ4v) is 5.46. The zero-order chi connectivity index (χ0) is 20.2. The minimum atomic E-state index is -3.50. The van der Waals surface area contributed by atoms with Gasteiger partial charge in [0.2, 0.25) is 5.91 Å². The van der Waals surface area contributed by atoms with E-state index in [4.69, 9.17) is 4.74 Å². The summed E-state index contributed by atoms with van der Waals surface area (Å²) in [5, 5.41) is 2.55. The summed E-state index contributed by atoms with van der Waals surface area (Å²) in [6, 6.07) is 3.41. The first-order valence-corrected chi connectivity index (χ1v) is 11.1. The van der Waals surface area contributed by atoms with Crippen molar-refractivity contribution in [2.75, 3.05) is 32.7 Å². The lowest BCUT2D eigenvalue weighted by atomic mass is 10.2. The maximum atomic E-state index is 12.6. The Balaban J connectivity index is 1.78. The van der Waals surface area contributed by atoms with Crippen molar-refractivity contribution < 1.29 is 22.7 Å². The Kier molecular flexibility index (Phi) is 6.87. The lowest BCUT2D eigenvalue weighted by molar-refractivity contribution is -0.132. The number of aryl methyl sites for hydroxylation is 1. The number of carbonyl (C=O) groups excluding carboxylic acids is 2. The van der Waals surface area contributed by atoms with E-state index < -0.39 is 21.7 Å². The van der Waals surface area contributed by atoms with Gasteiger partial charge >= 0.3 is 6.09 Å². The molecule has 1 aliphatic heterocycles. The zero-order valence-electron chi connectivity index (χ0n) is 16.1. The molecule has 1 aromatic rings. The van der Waals surface area contributed by atoms with Crippen LogP contribution in [0.25, 0.3) is 0 Å². The molecule has 0 atom stereocenters. The van der Waals surface area contributed by atoms with Gasteiger partial charge in [0.05, 0.1) is 0 Å². The van der Waals surface area contributed by atoms with Crippen molar-refractivity contribution in [3.05, 3.63) is 17.0 Å². The van der Waals surface area contributed by atoms with Crippen LogP contribution in [0.1, 0.15) is 32.1 Å². The van der Waals surface area contributed by atoms with Crippen molar-refractivity contribution in [3.63, 3.8) is 0 Å². The fraction of sp³-hybridized carbons (Fsp3) is 0.647. The molecule has 1 fully saturated rings. The number of rotatable bonds is 5. The molecule has 2 heterocycles. The molecule has 2 amide bonds. The highest BCUT2D eigenvalue weighted by Crippen LogP contribution is 2.25. The zero-order valence-corrected chi connectivity index (χ0v) is 17.8. The monoisotopic (exact) mass is 417 g/mol. The highest BCUT2D eigenvalue weighted by Gasteiger charge is 2.30. The number of nitrogens with zero attached hydrogens (tertiary/aromatic N) is 2. The van der Waals surface area contributed by atoms with Crippen LogP contribution in [0.5, 0.6) is 0 Å². The van der Waals surface area contributed by atoms with Crippen LogP contribution in [0, 0.1) is 6.92 Å². The first-order chi connectivity index (χ1) is 12.5. The van der Waals surface area contributed by atoms with Gasteiger partial charge < -0.3 is 15.0 Å². The Bertz CT molecular complexity index is 775. The van der Waals surface area contributed by atoms with E-state index in [1.165, 1.54) is 15.6 Å². The van der Waals surface area contributed by atoms with Crippen molar-refractivity contribution in [2.24, 2.45) is 0 Å². The Hall–Kier alpha value is -1.65. The molecule has 1 saturated heterocycles. The van der Waals surface area contributed by atoms with Crippen molar-refractivity contribution in [2.45, 2.75) is 43.9 Å². The highest BCUT2D eigenvalue weighted by atomic mass is 32.2. The number of piperazine rings is 1. The summed E-state index contributed by atoms with van der Waals surface area (Å²) < 4.78 is 32.1.